The number of thioether (sulfide) groups is 2. The molecule has 2 unspecified atom stereocenters. The predicted octanol–water partition coefficient (Wildman–Crippen LogP) is 17.1. The van der Waals surface area contributed by atoms with Gasteiger partial charge in [-0.3, -0.25) is 0 Å². The van der Waals surface area contributed by atoms with Crippen LogP contribution in [-0.2, 0) is 22.4 Å². The maximum atomic E-state index is 11.1. The van der Waals surface area contributed by atoms with Crippen molar-refractivity contribution < 1.29 is 9.53 Å². The van der Waals surface area contributed by atoms with Crippen LogP contribution in [0.4, 0.5) is 17.1 Å². The third-order valence-electron chi connectivity index (χ3n) is 14.2. The van der Waals surface area contributed by atoms with Gasteiger partial charge in [-0.05, 0) is 153 Å². The summed E-state index contributed by atoms with van der Waals surface area (Å²) in [7, 11) is 0. The first kappa shape index (κ1) is 49.6. The highest BCUT2D eigenvalue weighted by atomic mass is 32.2. The number of amidine groups is 1. The molecule has 1 saturated heterocycles. The molecular formula is C58H72N6O2S2. The smallest absolute Gasteiger partial charge is 0.330 e. The van der Waals surface area contributed by atoms with Gasteiger partial charge in [0.2, 0.25) is 5.17 Å². The molecule has 10 heteroatoms. The summed E-state index contributed by atoms with van der Waals surface area (Å²) in [5.41, 5.74) is 9.97. The number of anilines is 1. The molecule has 1 aliphatic carbocycles. The third-order valence-corrected chi connectivity index (χ3v) is 16.5. The van der Waals surface area contributed by atoms with E-state index in [1.54, 1.807) is 23.5 Å². The van der Waals surface area contributed by atoms with Crippen molar-refractivity contribution in [3.05, 3.63) is 138 Å². The number of rotatable bonds is 25. The van der Waals surface area contributed by atoms with Crippen LogP contribution in [0.1, 0.15) is 145 Å². The van der Waals surface area contributed by atoms with Crippen molar-refractivity contribution in [1.82, 2.24) is 0 Å². The Labute approximate surface area is 415 Å². The molecule has 3 aliphatic heterocycles. The average Bonchev–Trinajstić information content (AvgIpc) is 4.15. The lowest BCUT2D eigenvalue weighted by molar-refractivity contribution is -0.137. The average molecular weight is 949 g/mol. The van der Waals surface area contributed by atoms with Crippen molar-refractivity contribution >= 4 is 51.7 Å². The minimum atomic E-state index is -0.309. The molecule has 2 atom stereocenters. The number of esters is 1. The fourth-order valence-electron chi connectivity index (χ4n) is 10.1. The first-order valence-electron chi connectivity index (χ1n) is 25.9. The Balaban J connectivity index is 0.644. The fraction of sp³-hybridized carbons (Fsp3) is 0.483. The number of nitrogens with zero attached hydrogens (tertiary/aromatic N) is 6. The molecule has 4 aromatic rings. The van der Waals surface area contributed by atoms with E-state index in [0.29, 0.717) is 6.61 Å². The molecule has 3 heterocycles. The molecule has 1 saturated carbocycles. The largest absolute Gasteiger partial charge is 0.463 e. The van der Waals surface area contributed by atoms with E-state index in [4.69, 9.17) is 9.73 Å². The highest BCUT2D eigenvalue weighted by molar-refractivity contribution is 8.16. The fourth-order valence-corrected chi connectivity index (χ4v) is 12.4. The first-order chi connectivity index (χ1) is 33.5. The van der Waals surface area contributed by atoms with Crippen LogP contribution >= 0.6 is 23.5 Å². The van der Waals surface area contributed by atoms with E-state index in [0.717, 1.165) is 72.2 Å². The molecule has 0 radical (unpaired) electrons. The number of aliphatic imine (C=N–C) groups is 1. The Morgan fingerprint density at radius 2 is 1.19 bits per heavy atom. The number of azo groups is 2. The molecule has 0 N–H and O–H groups in total. The topological polar surface area (TPSA) is 91.3 Å². The summed E-state index contributed by atoms with van der Waals surface area (Å²) in [6, 6.07) is 35.7. The molecule has 0 aromatic heterocycles. The number of carbonyl (C=O) groups is 1. The lowest BCUT2D eigenvalue weighted by Crippen LogP contribution is -2.17. The van der Waals surface area contributed by atoms with Gasteiger partial charge in [0.1, 0.15) is 10.4 Å². The standard InChI is InChI=1S/C58H72N6O2S2/c1-2-56(65)66-42-16-10-6-4-3-5-7-11-17-44-20-26-47(27-21-44)49-30-32-50(33-31-49)48-28-22-45(23-29-48)18-12-8-9-13-19-46-24-34-51(35-25-46)60-62-55-43-54-57(68-55)59-58(67-54)63-61-52-36-38-53(39-37-52)64-40-14-15-41-64/h2,22-25,28-39,43-44,47,54,57H,1,3-21,26-27,40-42H2. The van der Waals surface area contributed by atoms with Gasteiger partial charge in [0.25, 0.3) is 0 Å². The Morgan fingerprint density at radius 3 is 1.82 bits per heavy atom. The second-order valence-electron chi connectivity index (χ2n) is 19.2. The highest BCUT2D eigenvalue weighted by Crippen LogP contribution is 2.46. The van der Waals surface area contributed by atoms with Crippen LogP contribution in [0.2, 0.25) is 0 Å². The van der Waals surface area contributed by atoms with Crippen molar-refractivity contribution in [3.63, 3.8) is 0 Å². The van der Waals surface area contributed by atoms with Gasteiger partial charge >= 0.3 is 5.97 Å². The van der Waals surface area contributed by atoms with Crippen molar-refractivity contribution in [2.45, 2.75) is 151 Å². The van der Waals surface area contributed by atoms with Crippen LogP contribution < -0.4 is 4.90 Å². The number of fused-ring (bicyclic) bond motifs is 1. The number of ether oxygens (including phenoxy) is 1. The van der Waals surface area contributed by atoms with Crippen LogP contribution in [0.15, 0.2) is 146 Å². The number of aryl methyl sites for hydroxylation is 2. The van der Waals surface area contributed by atoms with Crippen LogP contribution in [0.5, 0.6) is 0 Å². The van der Waals surface area contributed by atoms with Crippen LogP contribution in [0, 0.1) is 5.92 Å². The summed E-state index contributed by atoms with van der Waals surface area (Å²) in [4.78, 5) is 18.3. The minimum absolute atomic E-state index is 0.0774. The van der Waals surface area contributed by atoms with Crippen LogP contribution in [-0.4, -0.2) is 41.5 Å². The number of carbonyl (C=O) groups excluding carboxylic acids is 1. The summed E-state index contributed by atoms with van der Waals surface area (Å²) in [6.07, 6.45) is 30.1. The number of hydrogen-bond donors (Lipinski definition) is 0. The zero-order chi connectivity index (χ0) is 46.6. The molecular weight excluding hydrogens is 877 g/mol. The lowest BCUT2D eigenvalue weighted by atomic mass is 9.77. The van der Waals surface area contributed by atoms with Crippen molar-refractivity contribution in [3.8, 4) is 11.1 Å². The molecule has 0 spiro atoms. The quantitative estimate of drug-likeness (QED) is 0.0286. The summed E-state index contributed by atoms with van der Waals surface area (Å²) in [5, 5.41) is 19.9. The molecule has 0 amide bonds. The molecule has 68 heavy (non-hydrogen) atoms. The van der Waals surface area contributed by atoms with Gasteiger partial charge in [-0.15, -0.1) is 15.3 Å². The van der Waals surface area contributed by atoms with Gasteiger partial charge in [-0.2, -0.15) is 5.11 Å². The molecule has 0 bridgehead atoms. The second-order valence-corrected chi connectivity index (χ2v) is 21.5. The molecule has 358 valence electrons. The van der Waals surface area contributed by atoms with E-state index >= 15 is 0 Å². The Morgan fingerprint density at radius 1 is 0.632 bits per heavy atom. The van der Waals surface area contributed by atoms with Gasteiger partial charge in [0, 0.05) is 24.9 Å². The van der Waals surface area contributed by atoms with Gasteiger partial charge < -0.3 is 9.64 Å². The van der Waals surface area contributed by atoms with Gasteiger partial charge in [-0.25, -0.2) is 9.79 Å². The van der Waals surface area contributed by atoms with E-state index in [1.807, 2.05) is 12.1 Å². The zero-order valence-corrected chi connectivity index (χ0v) is 41.8. The van der Waals surface area contributed by atoms with E-state index in [9.17, 15) is 4.79 Å². The molecule has 4 aromatic carbocycles. The third kappa shape index (κ3) is 15.6. The summed E-state index contributed by atoms with van der Waals surface area (Å²) >= 11 is 3.30. The maximum absolute atomic E-state index is 11.1. The molecule has 2 fully saturated rings. The number of unbranched alkanes of at least 4 members (excludes halogenated alkanes) is 10. The Hall–Kier alpha value is -4.80. The summed E-state index contributed by atoms with van der Waals surface area (Å²) < 4.78 is 5.05. The van der Waals surface area contributed by atoms with E-state index < -0.39 is 0 Å². The molecule has 8 rings (SSSR count). The summed E-state index contributed by atoms with van der Waals surface area (Å²) in [6.45, 7) is 6.24. The number of hydrogen-bond acceptors (Lipinski definition) is 10. The SMILES string of the molecule is C=CC(=O)OCCCCCCCCCCC1CCC(c2ccc(-c3ccc(CCCCCCc4ccc(N=NC5=CC6SC(N=Nc7ccc(N8CCCC8)cc7)=NC6S5)cc4)cc3)cc2)CC1. The van der Waals surface area contributed by atoms with E-state index in [2.05, 4.69) is 123 Å². The maximum Gasteiger partial charge on any atom is 0.330 e. The van der Waals surface area contributed by atoms with Gasteiger partial charge in [-0.1, -0.05) is 155 Å². The van der Waals surface area contributed by atoms with Crippen molar-refractivity contribution in [2.75, 3.05) is 24.6 Å². The monoisotopic (exact) mass is 949 g/mol. The van der Waals surface area contributed by atoms with Crippen LogP contribution in [0.3, 0.4) is 0 Å². The Bertz CT molecular complexity index is 2290. The minimum Gasteiger partial charge on any atom is -0.463 e. The molecule has 4 aliphatic rings. The second kappa shape index (κ2) is 26.8. The van der Waals surface area contributed by atoms with Crippen molar-refractivity contribution in [2.24, 2.45) is 31.4 Å². The first-order valence-corrected chi connectivity index (χ1v) is 27.7. The number of benzene rings is 4. The zero-order valence-electron chi connectivity index (χ0n) is 40.2. The van der Waals surface area contributed by atoms with E-state index in [-0.39, 0.29) is 16.6 Å². The van der Waals surface area contributed by atoms with Crippen molar-refractivity contribution in [1.29, 1.82) is 0 Å². The predicted molar refractivity (Wildman–Crippen MR) is 287 cm³/mol. The Kier molecular flexibility index (Phi) is 19.6. The van der Waals surface area contributed by atoms with Gasteiger partial charge in [0.15, 0.2) is 0 Å². The summed E-state index contributed by atoms with van der Waals surface area (Å²) in [5.74, 6) is 1.33. The molecule has 8 nitrogen and oxygen atoms in total. The van der Waals surface area contributed by atoms with E-state index in [1.165, 1.54) is 149 Å². The van der Waals surface area contributed by atoms with Gasteiger partial charge in [0.05, 0.1) is 23.2 Å². The van der Waals surface area contributed by atoms with Crippen LogP contribution in [0.25, 0.3) is 11.1 Å². The lowest BCUT2D eigenvalue weighted by Gasteiger charge is -2.29. The normalized spacial score (nSPS) is 20.3. The highest BCUT2D eigenvalue weighted by Gasteiger charge is 2.36.